The van der Waals surface area contributed by atoms with Gasteiger partial charge in [-0.25, -0.2) is 13.3 Å². The maximum Gasteiger partial charge on any atom is 0.205 e. The zero-order valence-electron chi connectivity index (χ0n) is 17.3. The molecule has 4 rings (SSSR count). The van der Waals surface area contributed by atoms with Gasteiger partial charge in [0.25, 0.3) is 0 Å². The van der Waals surface area contributed by atoms with E-state index in [1.54, 1.807) is 38.1 Å². The maximum absolute atomic E-state index is 13.0. The lowest BCUT2D eigenvalue weighted by Gasteiger charge is -2.42. The van der Waals surface area contributed by atoms with Crippen LogP contribution >= 0.6 is 0 Å². The molecule has 8 nitrogen and oxygen atoms in total. The van der Waals surface area contributed by atoms with Crippen LogP contribution in [-0.4, -0.2) is 42.1 Å². The fraction of sp³-hybridized carbons (Fsp3) is 0.364. The number of carbonyl (C=O) groups excluding carboxylic acids is 1. The van der Waals surface area contributed by atoms with Crippen LogP contribution in [0.2, 0.25) is 0 Å². The van der Waals surface area contributed by atoms with Gasteiger partial charge >= 0.3 is 0 Å². The first-order valence-corrected chi connectivity index (χ1v) is 11.4. The molecular formula is C22H22N4O4S. The molecule has 3 heterocycles. The number of carbonyl (C=O) groups is 1. The third-order valence-electron chi connectivity index (χ3n) is 6.00. The summed E-state index contributed by atoms with van der Waals surface area (Å²) in [6, 6.07) is 8.38. The van der Waals surface area contributed by atoms with Crippen molar-refractivity contribution in [1.82, 2.24) is 4.98 Å². The van der Waals surface area contributed by atoms with Gasteiger partial charge in [0.1, 0.15) is 27.6 Å². The molecule has 1 atom stereocenters. The Morgan fingerprint density at radius 1 is 1.29 bits per heavy atom. The van der Waals surface area contributed by atoms with Gasteiger partial charge in [-0.2, -0.15) is 0 Å². The highest BCUT2D eigenvalue weighted by Crippen LogP contribution is 2.45. The van der Waals surface area contributed by atoms with Gasteiger partial charge in [0.15, 0.2) is 15.6 Å². The molecule has 1 spiro atoms. The van der Waals surface area contributed by atoms with Crippen molar-refractivity contribution in [3.05, 3.63) is 64.8 Å². The molecular weight excluding hydrogens is 416 g/mol. The topological polar surface area (TPSA) is 116 Å². The number of fused-ring (bicyclic) bond motifs is 2. The third kappa shape index (κ3) is 3.47. The van der Waals surface area contributed by atoms with E-state index in [-0.39, 0.29) is 29.5 Å². The Bertz CT molecular complexity index is 1240. The van der Waals surface area contributed by atoms with Crippen molar-refractivity contribution in [1.29, 1.82) is 0 Å². The molecule has 0 bridgehead atoms. The van der Waals surface area contributed by atoms with Gasteiger partial charge in [0.2, 0.25) is 5.69 Å². The second-order valence-electron chi connectivity index (χ2n) is 8.34. The van der Waals surface area contributed by atoms with E-state index >= 15 is 0 Å². The SMILES string of the molecule is [C-]#[N+]c1ccc(C(=O)Cc2ccc3c(c2)[C@]2(CCO3)CS(=O)(=O)C(C)(C)C(N)=N2)nc1. The van der Waals surface area contributed by atoms with Gasteiger partial charge < -0.3 is 10.5 Å². The molecule has 2 N–H and O–H groups in total. The highest BCUT2D eigenvalue weighted by atomic mass is 32.2. The van der Waals surface area contributed by atoms with E-state index in [9.17, 15) is 13.2 Å². The van der Waals surface area contributed by atoms with Crippen molar-refractivity contribution in [3.8, 4) is 5.75 Å². The molecule has 0 saturated heterocycles. The summed E-state index contributed by atoms with van der Waals surface area (Å²) in [7, 11) is -3.56. The standard InChI is InChI=1S/C22H22N4O4S/c1-21(2)20(23)26-22(13-31(21,28)29)8-9-30-19-7-4-14(10-16(19)22)11-18(27)17-6-5-15(24-3)12-25-17/h4-7,10,12H,8-9,11,13H2,1-2H3,(H2,23,26)/t22-/m0/s1. The summed E-state index contributed by atoms with van der Waals surface area (Å²) in [5.41, 5.74) is 7.04. The summed E-state index contributed by atoms with van der Waals surface area (Å²) < 4.78 is 30.5. The van der Waals surface area contributed by atoms with Gasteiger partial charge in [0, 0.05) is 24.6 Å². The molecule has 2 aliphatic heterocycles. The van der Waals surface area contributed by atoms with Crippen molar-refractivity contribution in [2.75, 3.05) is 12.4 Å². The monoisotopic (exact) mass is 438 g/mol. The van der Waals surface area contributed by atoms with Crippen LogP contribution in [0.1, 0.15) is 41.9 Å². The first-order chi connectivity index (χ1) is 14.6. The van der Waals surface area contributed by atoms with Crippen LogP contribution < -0.4 is 10.5 Å². The van der Waals surface area contributed by atoms with Crippen LogP contribution in [0, 0.1) is 6.57 Å². The Kier molecular flexibility index (Phi) is 4.85. The molecule has 0 unspecified atom stereocenters. The van der Waals surface area contributed by atoms with E-state index in [1.807, 2.05) is 0 Å². The number of sulfone groups is 1. The molecule has 160 valence electrons. The summed E-state index contributed by atoms with van der Waals surface area (Å²) in [6.45, 7) is 10.4. The largest absolute Gasteiger partial charge is 0.493 e. The Balaban J connectivity index is 1.71. The van der Waals surface area contributed by atoms with E-state index in [2.05, 4.69) is 14.8 Å². The summed E-state index contributed by atoms with van der Waals surface area (Å²) in [5.74, 6) is 0.259. The lowest BCUT2D eigenvalue weighted by molar-refractivity contribution is 0.0988. The molecule has 0 radical (unpaired) electrons. The molecule has 0 aliphatic carbocycles. The van der Waals surface area contributed by atoms with E-state index in [4.69, 9.17) is 17.0 Å². The predicted octanol–water partition coefficient (Wildman–Crippen LogP) is 2.60. The minimum atomic E-state index is -3.56. The summed E-state index contributed by atoms with van der Waals surface area (Å²) in [5, 5.41) is 0. The third-order valence-corrected chi connectivity index (χ3v) is 8.63. The number of ketones is 1. The fourth-order valence-electron chi connectivity index (χ4n) is 3.85. The minimum Gasteiger partial charge on any atom is -0.493 e. The number of hydrogen-bond donors (Lipinski definition) is 1. The number of nitrogens with zero attached hydrogens (tertiary/aromatic N) is 3. The molecule has 2 aromatic rings. The maximum atomic E-state index is 13.0. The zero-order valence-corrected chi connectivity index (χ0v) is 18.1. The summed E-state index contributed by atoms with van der Waals surface area (Å²) in [4.78, 5) is 24.7. The number of nitrogens with two attached hydrogens (primary N) is 1. The number of hydrogen-bond acceptors (Lipinski definition) is 7. The highest BCUT2D eigenvalue weighted by Gasteiger charge is 2.52. The number of rotatable bonds is 3. The van der Waals surface area contributed by atoms with Crippen LogP contribution in [0.3, 0.4) is 0 Å². The Morgan fingerprint density at radius 3 is 2.71 bits per heavy atom. The van der Waals surface area contributed by atoms with Crippen LogP contribution in [0.25, 0.3) is 4.85 Å². The quantitative estimate of drug-likeness (QED) is 0.582. The van der Waals surface area contributed by atoms with E-state index < -0.39 is 20.1 Å². The number of Topliss-reactive ketones (excluding diaryl/α,β-unsaturated/α-hetero) is 1. The van der Waals surface area contributed by atoms with Crippen LogP contribution in [-0.2, 0) is 21.8 Å². The molecule has 0 saturated carbocycles. The van der Waals surface area contributed by atoms with E-state index in [0.717, 1.165) is 0 Å². The van der Waals surface area contributed by atoms with Crippen molar-refractivity contribution in [2.24, 2.45) is 10.7 Å². The fourth-order valence-corrected chi connectivity index (χ4v) is 5.57. The van der Waals surface area contributed by atoms with Gasteiger partial charge in [-0.1, -0.05) is 12.1 Å². The van der Waals surface area contributed by atoms with Gasteiger partial charge in [0.05, 0.1) is 18.9 Å². The molecule has 31 heavy (non-hydrogen) atoms. The lowest BCUT2D eigenvalue weighted by Crippen LogP contribution is -2.56. The number of ether oxygens (including phenoxy) is 1. The smallest absolute Gasteiger partial charge is 0.205 e. The number of benzene rings is 1. The second kappa shape index (κ2) is 7.17. The van der Waals surface area contributed by atoms with Crippen LogP contribution in [0.15, 0.2) is 41.5 Å². The molecule has 0 fully saturated rings. The lowest BCUT2D eigenvalue weighted by atomic mass is 9.84. The normalized spacial score (nSPS) is 23.2. The molecule has 2 aliphatic rings. The molecule has 1 aromatic carbocycles. The van der Waals surface area contributed by atoms with Crippen molar-refractivity contribution < 1.29 is 17.9 Å². The van der Waals surface area contributed by atoms with Gasteiger partial charge in [-0.05, 0) is 37.6 Å². The van der Waals surface area contributed by atoms with E-state index in [1.165, 1.54) is 12.3 Å². The number of aromatic nitrogens is 1. The summed E-state index contributed by atoms with van der Waals surface area (Å²) in [6.07, 6.45) is 1.82. The predicted molar refractivity (Wildman–Crippen MR) is 116 cm³/mol. The van der Waals surface area contributed by atoms with Crippen molar-refractivity contribution in [2.45, 2.75) is 37.0 Å². The minimum absolute atomic E-state index is 0.0746. The Hall–Kier alpha value is -3.25. The van der Waals surface area contributed by atoms with Crippen LogP contribution in [0.5, 0.6) is 5.75 Å². The number of aliphatic imine (C=N–C) groups is 1. The molecule has 1 aromatic heterocycles. The van der Waals surface area contributed by atoms with E-state index in [0.29, 0.717) is 35.6 Å². The van der Waals surface area contributed by atoms with Crippen molar-refractivity contribution >= 4 is 27.1 Å². The first-order valence-electron chi connectivity index (χ1n) is 9.79. The van der Waals surface area contributed by atoms with Gasteiger partial charge in [-0.3, -0.25) is 14.8 Å². The first kappa shape index (κ1) is 21.0. The van der Waals surface area contributed by atoms with Crippen molar-refractivity contribution in [3.63, 3.8) is 0 Å². The Morgan fingerprint density at radius 2 is 2.06 bits per heavy atom. The molecule has 9 heteroatoms. The zero-order chi connectivity index (χ0) is 22.4. The Labute approximate surface area is 180 Å². The average Bonchev–Trinajstić information content (AvgIpc) is 2.73. The average molecular weight is 439 g/mol. The molecule has 0 amide bonds. The van der Waals surface area contributed by atoms with Gasteiger partial charge in [-0.15, -0.1) is 0 Å². The second-order valence-corrected chi connectivity index (χ2v) is 10.9. The number of pyridine rings is 1. The van der Waals surface area contributed by atoms with Crippen LogP contribution in [0.4, 0.5) is 5.69 Å². The number of amidine groups is 1. The highest BCUT2D eigenvalue weighted by molar-refractivity contribution is 7.93. The summed E-state index contributed by atoms with van der Waals surface area (Å²) >= 11 is 0.